The van der Waals surface area contributed by atoms with Gasteiger partial charge in [-0.2, -0.15) is 0 Å². The molecule has 94 valence electrons. The number of carbonyl (C=O) groups is 1. The molecule has 0 aliphatic heterocycles. The highest BCUT2D eigenvalue weighted by Gasteiger charge is 2.10. The zero-order valence-electron chi connectivity index (χ0n) is 10.4. The number of rotatable bonds is 6. The second-order valence-corrected chi connectivity index (χ2v) is 3.88. The fraction of sp³-hybridized carbons (Fsp3) is 0.462. The van der Waals surface area contributed by atoms with E-state index >= 15 is 0 Å². The lowest BCUT2D eigenvalue weighted by atomic mass is 10.2. The van der Waals surface area contributed by atoms with Gasteiger partial charge < -0.3 is 15.8 Å². The monoisotopic (exact) mass is 236 g/mol. The number of nitrogens with one attached hydrogen (secondary N) is 1. The Hall–Kier alpha value is -1.55. The summed E-state index contributed by atoms with van der Waals surface area (Å²) in [5.41, 5.74) is 6.36. The topological polar surface area (TPSA) is 64.3 Å². The molecule has 4 nitrogen and oxygen atoms in total. The van der Waals surface area contributed by atoms with Gasteiger partial charge >= 0.3 is 0 Å². The summed E-state index contributed by atoms with van der Waals surface area (Å²) in [6.07, 6.45) is 1.60. The van der Waals surface area contributed by atoms with Gasteiger partial charge in [-0.1, -0.05) is 13.8 Å². The molecule has 0 radical (unpaired) electrons. The van der Waals surface area contributed by atoms with Gasteiger partial charge in [0.05, 0.1) is 12.6 Å². The molecule has 4 heteroatoms. The summed E-state index contributed by atoms with van der Waals surface area (Å²) in [5, 5.41) is 2.76. The molecule has 1 aromatic rings. The molecule has 0 fully saturated rings. The number of hydrogen-bond donors (Lipinski definition) is 2. The van der Waals surface area contributed by atoms with Crippen molar-refractivity contribution >= 4 is 11.6 Å². The van der Waals surface area contributed by atoms with Crippen molar-refractivity contribution in [3.8, 4) is 5.75 Å². The third kappa shape index (κ3) is 4.44. The van der Waals surface area contributed by atoms with Crippen LogP contribution in [0.1, 0.15) is 26.7 Å². The molecule has 0 heterocycles. The average molecular weight is 236 g/mol. The summed E-state index contributed by atoms with van der Waals surface area (Å²) in [4.78, 5) is 11.5. The van der Waals surface area contributed by atoms with E-state index in [9.17, 15) is 4.79 Å². The number of hydrogen-bond acceptors (Lipinski definition) is 3. The van der Waals surface area contributed by atoms with Crippen LogP contribution in [-0.4, -0.2) is 18.6 Å². The van der Waals surface area contributed by atoms with Gasteiger partial charge in [-0.3, -0.25) is 4.79 Å². The van der Waals surface area contributed by atoms with E-state index in [1.165, 1.54) is 0 Å². The number of anilines is 1. The quantitative estimate of drug-likeness (QED) is 0.795. The van der Waals surface area contributed by atoms with Gasteiger partial charge in [0.25, 0.3) is 0 Å². The van der Waals surface area contributed by atoms with E-state index in [-0.39, 0.29) is 5.91 Å². The summed E-state index contributed by atoms with van der Waals surface area (Å²) < 4.78 is 5.45. The van der Waals surface area contributed by atoms with Crippen LogP contribution in [0.15, 0.2) is 24.3 Å². The van der Waals surface area contributed by atoms with E-state index in [2.05, 4.69) is 12.2 Å². The highest BCUT2D eigenvalue weighted by Crippen LogP contribution is 2.16. The maximum absolute atomic E-state index is 11.5. The summed E-state index contributed by atoms with van der Waals surface area (Å²) >= 11 is 0. The zero-order chi connectivity index (χ0) is 12.7. The molecule has 1 atom stereocenters. The molecular weight excluding hydrogens is 216 g/mol. The molecule has 3 N–H and O–H groups in total. The van der Waals surface area contributed by atoms with Crippen LogP contribution in [0.4, 0.5) is 5.69 Å². The molecule has 0 spiro atoms. The standard InChI is InChI=1S/C13H20N2O2/c1-3-9-17-11-7-5-10(6-8-11)15-13(16)12(14)4-2/h5-8,12H,3-4,9,14H2,1-2H3,(H,15,16)/t12-/m1/s1. The van der Waals surface area contributed by atoms with E-state index in [1.54, 1.807) is 0 Å². The number of amides is 1. The first-order valence-corrected chi connectivity index (χ1v) is 5.96. The third-order valence-electron chi connectivity index (χ3n) is 2.37. The minimum atomic E-state index is -0.453. The largest absolute Gasteiger partial charge is 0.494 e. The van der Waals surface area contributed by atoms with Crippen molar-refractivity contribution < 1.29 is 9.53 Å². The Bertz CT molecular complexity index is 349. The van der Waals surface area contributed by atoms with E-state index in [1.807, 2.05) is 31.2 Å². The second kappa shape index (κ2) is 6.91. The van der Waals surface area contributed by atoms with Gasteiger partial charge in [0, 0.05) is 5.69 Å². The van der Waals surface area contributed by atoms with Crippen molar-refractivity contribution in [3.63, 3.8) is 0 Å². The van der Waals surface area contributed by atoms with Crippen molar-refractivity contribution in [3.05, 3.63) is 24.3 Å². The van der Waals surface area contributed by atoms with Gasteiger partial charge in [0.15, 0.2) is 0 Å². The Morgan fingerprint density at radius 3 is 2.53 bits per heavy atom. The van der Waals surface area contributed by atoms with E-state index < -0.39 is 6.04 Å². The highest BCUT2D eigenvalue weighted by molar-refractivity contribution is 5.94. The maximum Gasteiger partial charge on any atom is 0.241 e. The van der Waals surface area contributed by atoms with Crippen LogP contribution in [0.25, 0.3) is 0 Å². The Kier molecular flexibility index (Phi) is 5.49. The van der Waals surface area contributed by atoms with Gasteiger partial charge in [-0.15, -0.1) is 0 Å². The lowest BCUT2D eigenvalue weighted by molar-refractivity contribution is -0.117. The van der Waals surface area contributed by atoms with Crippen LogP contribution in [0.2, 0.25) is 0 Å². The summed E-state index contributed by atoms with van der Waals surface area (Å²) in [7, 11) is 0. The number of ether oxygens (including phenoxy) is 1. The van der Waals surface area contributed by atoms with Crippen LogP contribution in [0.3, 0.4) is 0 Å². The Morgan fingerprint density at radius 2 is 2.00 bits per heavy atom. The minimum absolute atomic E-state index is 0.158. The lowest BCUT2D eigenvalue weighted by Crippen LogP contribution is -2.34. The van der Waals surface area contributed by atoms with Crippen LogP contribution in [-0.2, 0) is 4.79 Å². The van der Waals surface area contributed by atoms with Crippen molar-refractivity contribution in [2.45, 2.75) is 32.7 Å². The average Bonchev–Trinajstić information content (AvgIpc) is 2.37. The van der Waals surface area contributed by atoms with Gasteiger partial charge in [-0.05, 0) is 37.1 Å². The third-order valence-corrected chi connectivity index (χ3v) is 2.37. The molecule has 0 aliphatic rings. The van der Waals surface area contributed by atoms with Crippen molar-refractivity contribution in [1.29, 1.82) is 0 Å². The van der Waals surface area contributed by atoms with Gasteiger partial charge in [0.1, 0.15) is 5.75 Å². The summed E-state index contributed by atoms with van der Waals surface area (Å²) in [6, 6.07) is 6.84. The van der Waals surface area contributed by atoms with Gasteiger partial charge in [-0.25, -0.2) is 0 Å². The molecule has 1 aromatic carbocycles. The molecular formula is C13H20N2O2. The van der Waals surface area contributed by atoms with Gasteiger partial charge in [0.2, 0.25) is 5.91 Å². The molecule has 0 aliphatic carbocycles. The van der Waals surface area contributed by atoms with Crippen molar-refractivity contribution in [1.82, 2.24) is 0 Å². The van der Waals surface area contributed by atoms with Crippen LogP contribution in [0, 0.1) is 0 Å². The first-order valence-electron chi connectivity index (χ1n) is 5.96. The van der Waals surface area contributed by atoms with Crippen LogP contribution >= 0.6 is 0 Å². The molecule has 1 amide bonds. The molecule has 0 unspecified atom stereocenters. The van der Waals surface area contributed by atoms with Crippen molar-refractivity contribution in [2.24, 2.45) is 5.73 Å². The Balaban J connectivity index is 2.53. The molecule has 1 rings (SSSR count). The lowest BCUT2D eigenvalue weighted by Gasteiger charge is -2.10. The summed E-state index contributed by atoms with van der Waals surface area (Å²) in [6.45, 7) is 4.64. The molecule has 0 saturated carbocycles. The highest BCUT2D eigenvalue weighted by atomic mass is 16.5. The number of carbonyl (C=O) groups excluding carboxylic acids is 1. The molecule has 0 saturated heterocycles. The fourth-order valence-corrected chi connectivity index (χ4v) is 1.27. The second-order valence-electron chi connectivity index (χ2n) is 3.88. The van der Waals surface area contributed by atoms with E-state index in [0.717, 1.165) is 17.9 Å². The molecule has 0 aromatic heterocycles. The normalized spacial score (nSPS) is 11.9. The SMILES string of the molecule is CCCOc1ccc(NC(=O)[C@H](N)CC)cc1. The smallest absolute Gasteiger partial charge is 0.241 e. The first-order chi connectivity index (χ1) is 8.17. The maximum atomic E-state index is 11.5. The zero-order valence-corrected chi connectivity index (χ0v) is 10.4. The van der Waals surface area contributed by atoms with Crippen LogP contribution in [0.5, 0.6) is 5.75 Å². The van der Waals surface area contributed by atoms with E-state index in [4.69, 9.17) is 10.5 Å². The predicted molar refractivity (Wildman–Crippen MR) is 69.1 cm³/mol. The Labute approximate surface area is 102 Å². The van der Waals surface area contributed by atoms with Crippen LogP contribution < -0.4 is 15.8 Å². The molecule has 0 bridgehead atoms. The van der Waals surface area contributed by atoms with Crippen molar-refractivity contribution in [2.75, 3.05) is 11.9 Å². The fourth-order valence-electron chi connectivity index (χ4n) is 1.27. The molecule has 17 heavy (non-hydrogen) atoms. The van der Waals surface area contributed by atoms with E-state index in [0.29, 0.717) is 13.0 Å². The first kappa shape index (κ1) is 13.5. The summed E-state index contributed by atoms with van der Waals surface area (Å²) in [5.74, 6) is 0.652. The predicted octanol–water partition coefficient (Wildman–Crippen LogP) is 2.15. The number of nitrogens with two attached hydrogens (primary N) is 1. The Morgan fingerprint density at radius 1 is 1.35 bits per heavy atom. The minimum Gasteiger partial charge on any atom is -0.494 e. The number of benzene rings is 1.